The van der Waals surface area contributed by atoms with Gasteiger partial charge in [0.2, 0.25) is 5.91 Å². The summed E-state index contributed by atoms with van der Waals surface area (Å²) < 4.78 is 46.8. The average Bonchev–Trinajstić information content (AvgIpc) is 2.50. The molecule has 1 N–H and O–H groups in total. The van der Waals surface area contributed by atoms with Gasteiger partial charge in [0.25, 0.3) is 0 Å². The van der Waals surface area contributed by atoms with Crippen molar-refractivity contribution >= 4 is 11.6 Å². The molecule has 4 nitrogen and oxygen atoms in total. The van der Waals surface area contributed by atoms with Crippen LogP contribution in [0.2, 0.25) is 0 Å². The lowest BCUT2D eigenvalue weighted by atomic mass is 10.1. The van der Waals surface area contributed by atoms with E-state index in [1.54, 1.807) is 24.3 Å². The van der Waals surface area contributed by atoms with Crippen molar-refractivity contribution in [3.05, 3.63) is 53.8 Å². The van der Waals surface area contributed by atoms with Gasteiger partial charge in [-0.25, -0.2) is 4.39 Å². The van der Waals surface area contributed by atoms with Crippen molar-refractivity contribution in [3.8, 4) is 11.5 Å². The average molecular weight is 325 g/mol. The van der Waals surface area contributed by atoms with Crippen molar-refractivity contribution in [2.24, 2.45) is 0 Å². The van der Waals surface area contributed by atoms with E-state index in [1.807, 2.05) is 0 Å². The molecule has 23 heavy (non-hydrogen) atoms. The third-order valence-corrected chi connectivity index (χ3v) is 2.98. The van der Waals surface area contributed by atoms with Gasteiger partial charge in [-0.2, -0.15) is 8.78 Å². The normalized spacial score (nSPS) is 10.5. The van der Waals surface area contributed by atoms with E-state index in [2.05, 4.69) is 10.1 Å². The molecule has 0 unspecified atom stereocenters. The number of alkyl halides is 2. The van der Waals surface area contributed by atoms with E-state index in [-0.39, 0.29) is 12.1 Å². The maximum absolute atomic E-state index is 13.6. The molecule has 0 aliphatic heterocycles. The monoisotopic (exact) mass is 325 g/mol. The highest BCUT2D eigenvalue weighted by molar-refractivity contribution is 5.92. The fourth-order valence-corrected chi connectivity index (χ4v) is 2.00. The second-order valence-electron chi connectivity index (χ2n) is 4.56. The molecule has 0 aliphatic carbocycles. The summed E-state index contributed by atoms with van der Waals surface area (Å²) in [7, 11) is 1.49. The van der Waals surface area contributed by atoms with E-state index in [4.69, 9.17) is 4.74 Å². The third-order valence-electron chi connectivity index (χ3n) is 2.98. The third kappa shape index (κ3) is 4.64. The minimum absolute atomic E-state index is 0.0287. The van der Waals surface area contributed by atoms with Gasteiger partial charge in [-0.3, -0.25) is 4.79 Å². The summed E-state index contributed by atoms with van der Waals surface area (Å²) in [5.41, 5.74) is 0.814. The van der Waals surface area contributed by atoms with Gasteiger partial charge in [-0.15, -0.1) is 0 Å². The molecule has 0 radical (unpaired) electrons. The molecule has 0 heterocycles. The number of ether oxygens (including phenoxy) is 2. The van der Waals surface area contributed by atoms with Crippen molar-refractivity contribution in [1.29, 1.82) is 0 Å². The van der Waals surface area contributed by atoms with Crippen LogP contribution in [0.1, 0.15) is 5.56 Å². The molecule has 2 rings (SSSR count). The molecular weight excluding hydrogens is 311 g/mol. The van der Waals surface area contributed by atoms with Gasteiger partial charge in [-0.05, 0) is 18.2 Å². The highest BCUT2D eigenvalue weighted by Gasteiger charge is 2.12. The fourth-order valence-electron chi connectivity index (χ4n) is 2.00. The second-order valence-corrected chi connectivity index (χ2v) is 4.56. The van der Waals surface area contributed by atoms with Crippen LogP contribution in [0.3, 0.4) is 0 Å². The first kappa shape index (κ1) is 16.7. The topological polar surface area (TPSA) is 47.6 Å². The molecule has 0 fully saturated rings. The first-order valence-corrected chi connectivity index (χ1v) is 6.65. The zero-order chi connectivity index (χ0) is 16.8. The summed E-state index contributed by atoms with van der Waals surface area (Å²) in [4.78, 5) is 12.0. The highest BCUT2D eigenvalue weighted by Crippen LogP contribution is 2.23. The van der Waals surface area contributed by atoms with E-state index >= 15 is 0 Å². The number of hydrogen-bond donors (Lipinski definition) is 1. The molecule has 0 aromatic heterocycles. The molecule has 7 heteroatoms. The van der Waals surface area contributed by atoms with Gasteiger partial charge in [0, 0.05) is 17.3 Å². The van der Waals surface area contributed by atoms with Gasteiger partial charge < -0.3 is 14.8 Å². The van der Waals surface area contributed by atoms with Gasteiger partial charge >= 0.3 is 6.61 Å². The number of anilines is 1. The first-order chi connectivity index (χ1) is 11.0. The Balaban J connectivity index is 2.04. The Kier molecular flexibility index (Phi) is 5.46. The number of halogens is 3. The van der Waals surface area contributed by atoms with Crippen molar-refractivity contribution < 1.29 is 27.4 Å². The lowest BCUT2D eigenvalue weighted by Crippen LogP contribution is -2.15. The second kappa shape index (κ2) is 7.53. The van der Waals surface area contributed by atoms with Crippen LogP contribution in [0.25, 0.3) is 0 Å². The lowest BCUT2D eigenvalue weighted by Gasteiger charge is -2.10. The molecule has 0 saturated carbocycles. The van der Waals surface area contributed by atoms with E-state index < -0.39 is 24.1 Å². The number of carbonyl (C=O) groups is 1. The highest BCUT2D eigenvalue weighted by atomic mass is 19.3. The summed E-state index contributed by atoms with van der Waals surface area (Å²) >= 11 is 0. The van der Waals surface area contributed by atoms with Crippen LogP contribution in [0.5, 0.6) is 11.5 Å². The van der Waals surface area contributed by atoms with Crippen LogP contribution < -0.4 is 14.8 Å². The first-order valence-electron chi connectivity index (χ1n) is 6.65. The number of rotatable bonds is 6. The Bertz CT molecular complexity index is 692. The Morgan fingerprint density at radius 2 is 1.91 bits per heavy atom. The zero-order valence-electron chi connectivity index (χ0n) is 12.2. The van der Waals surface area contributed by atoms with Gasteiger partial charge in [-0.1, -0.05) is 18.2 Å². The van der Waals surface area contributed by atoms with Crippen molar-refractivity contribution in [2.45, 2.75) is 13.0 Å². The van der Waals surface area contributed by atoms with Gasteiger partial charge in [0.1, 0.15) is 5.75 Å². The molecule has 2 aromatic rings. The molecule has 0 spiro atoms. The van der Waals surface area contributed by atoms with Crippen LogP contribution in [-0.2, 0) is 11.2 Å². The van der Waals surface area contributed by atoms with E-state index in [9.17, 15) is 18.0 Å². The number of amides is 1. The fraction of sp³-hybridized carbons (Fsp3) is 0.188. The molecule has 122 valence electrons. The van der Waals surface area contributed by atoms with E-state index in [1.165, 1.54) is 13.2 Å². The number of benzene rings is 2. The Hall–Kier alpha value is -2.70. The smallest absolute Gasteiger partial charge is 0.387 e. The van der Waals surface area contributed by atoms with Crippen molar-refractivity contribution in [1.82, 2.24) is 0 Å². The minimum Gasteiger partial charge on any atom is -0.496 e. The number of para-hydroxylation sites is 1. The number of methoxy groups -OCH3 is 1. The number of nitrogens with one attached hydrogen (secondary N) is 1. The Labute approximate surface area is 130 Å². The predicted octanol–water partition coefficient (Wildman–Crippen LogP) is 3.62. The van der Waals surface area contributed by atoms with E-state index in [0.717, 1.165) is 12.1 Å². The Morgan fingerprint density at radius 3 is 2.57 bits per heavy atom. The van der Waals surface area contributed by atoms with Gasteiger partial charge in [0.15, 0.2) is 11.6 Å². The standard InChI is InChI=1S/C16H14F3NO3/c1-22-13-5-3-2-4-10(13)8-15(21)20-11-6-7-14(12(17)9-11)23-16(18)19/h2-7,9,16H,8H2,1H3,(H,20,21). The summed E-state index contributed by atoms with van der Waals surface area (Å²) in [5, 5.41) is 2.49. The zero-order valence-corrected chi connectivity index (χ0v) is 12.2. The number of carbonyl (C=O) groups excluding carboxylic acids is 1. The van der Waals surface area contributed by atoms with Crippen LogP contribution in [0, 0.1) is 5.82 Å². The molecule has 0 atom stereocenters. The van der Waals surface area contributed by atoms with Crippen molar-refractivity contribution in [2.75, 3.05) is 12.4 Å². The summed E-state index contributed by atoms with van der Waals surface area (Å²) in [6, 6.07) is 10.2. The SMILES string of the molecule is COc1ccccc1CC(=O)Nc1ccc(OC(F)F)c(F)c1. The van der Waals surface area contributed by atoms with E-state index in [0.29, 0.717) is 11.3 Å². The largest absolute Gasteiger partial charge is 0.496 e. The summed E-state index contributed by atoms with van der Waals surface area (Å²) in [6.07, 6.45) is 0.0287. The number of hydrogen-bond acceptors (Lipinski definition) is 3. The maximum Gasteiger partial charge on any atom is 0.387 e. The summed E-state index contributed by atoms with van der Waals surface area (Å²) in [6.45, 7) is -3.12. The predicted molar refractivity (Wildman–Crippen MR) is 78.4 cm³/mol. The molecule has 0 aliphatic rings. The molecule has 1 amide bonds. The minimum atomic E-state index is -3.12. The Morgan fingerprint density at radius 1 is 1.17 bits per heavy atom. The molecule has 0 saturated heterocycles. The molecule has 0 bridgehead atoms. The summed E-state index contributed by atoms with van der Waals surface area (Å²) in [5.74, 6) is -1.39. The van der Waals surface area contributed by atoms with Crippen LogP contribution in [0.15, 0.2) is 42.5 Å². The quantitative estimate of drug-likeness (QED) is 0.882. The van der Waals surface area contributed by atoms with Crippen LogP contribution in [-0.4, -0.2) is 19.6 Å². The maximum atomic E-state index is 13.6. The lowest BCUT2D eigenvalue weighted by molar-refractivity contribution is -0.115. The van der Waals surface area contributed by atoms with Gasteiger partial charge in [0.05, 0.1) is 13.5 Å². The van der Waals surface area contributed by atoms with Crippen LogP contribution in [0.4, 0.5) is 18.9 Å². The van der Waals surface area contributed by atoms with Crippen LogP contribution >= 0.6 is 0 Å². The molecular formula is C16H14F3NO3. The molecule has 2 aromatic carbocycles. The van der Waals surface area contributed by atoms with Crippen molar-refractivity contribution in [3.63, 3.8) is 0 Å².